The molecule has 0 amide bonds. The average Bonchev–Trinajstić information content (AvgIpc) is 2.00. The van der Waals surface area contributed by atoms with Gasteiger partial charge in [-0.1, -0.05) is 12.8 Å². The lowest BCUT2D eigenvalue weighted by atomic mass is 10.2. The highest BCUT2D eigenvalue weighted by atomic mass is 16.6. The molecule has 1 aliphatic heterocycles. The van der Waals surface area contributed by atoms with Gasteiger partial charge in [0, 0.05) is 13.2 Å². The van der Waals surface area contributed by atoms with E-state index in [-0.39, 0.29) is 0 Å². The molecule has 0 bridgehead atoms. The van der Waals surface area contributed by atoms with Crippen LogP contribution in [0.5, 0.6) is 0 Å². The second-order valence-electron chi connectivity index (χ2n) is 2.35. The quantitative estimate of drug-likeness (QED) is 0.450. The molecule has 1 fully saturated rings. The van der Waals surface area contributed by atoms with E-state index in [1.165, 1.54) is 25.7 Å². The van der Waals surface area contributed by atoms with Crippen LogP contribution >= 0.6 is 0 Å². The molecule has 0 aromatic heterocycles. The zero-order valence-electron chi connectivity index (χ0n) is 5.77. The maximum absolute atomic E-state index is 5.13. The van der Waals surface area contributed by atoms with Gasteiger partial charge in [-0.25, -0.2) is 0 Å². The summed E-state index contributed by atoms with van der Waals surface area (Å²) in [5.41, 5.74) is 0. The van der Waals surface area contributed by atoms with Crippen LogP contribution in [0.3, 0.4) is 0 Å². The van der Waals surface area contributed by atoms with Gasteiger partial charge in [0.15, 0.2) is 0 Å². The van der Waals surface area contributed by atoms with Crippen molar-refractivity contribution in [3.8, 4) is 0 Å². The van der Waals surface area contributed by atoms with E-state index in [2.05, 4.69) is 0 Å². The van der Waals surface area contributed by atoms with Gasteiger partial charge in [-0.05, 0) is 12.8 Å². The maximum atomic E-state index is 5.13. The molecule has 1 aliphatic rings. The van der Waals surface area contributed by atoms with Crippen LogP contribution in [-0.2, 0) is 9.31 Å². The lowest BCUT2D eigenvalue weighted by Gasteiger charge is -1.97. The van der Waals surface area contributed by atoms with E-state index < -0.39 is 0 Å². The first kappa shape index (κ1) is 7.10. The SMILES string of the molecule is B1OCCCCCCO1. The van der Waals surface area contributed by atoms with Gasteiger partial charge in [0.25, 0.3) is 0 Å². The summed E-state index contributed by atoms with van der Waals surface area (Å²) in [6.45, 7) is 1.75. The van der Waals surface area contributed by atoms with Crippen LogP contribution in [0.25, 0.3) is 0 Å². The molecule has 3 heteroatoms. The third kappa shape index (κ3) is 3.54. The summed E-state index contributed by atoms with van der Waals surface area (Å²) < 4.78 is 10.3. The van der Waals surface area contributed by atoms with E-state index in [0.717, 1.165) is 13.2 Å². The van der Waals surface area contributed by atoms with Crippen molar-refractivity contribution < 1.29 is 9.31 Å². The molecular formula is C6H13BO2. The van der Waals surface area contributed by atoms with E-state index in [0.29, 0.717) is 7.69 Å². The summed E-state index contributed by atoms with van der Waals surface area (Å²) in [4.78, 5) is 0. The maximum Gasteiger partial charge on any atom is 0.438 e. The van der Waals surface area contributed by atoms with Gasteiger partial charge >= 0.3 is 7.69 Å². The van der Waals surface area contributed by atoms with E-state index in [1.54, 1.807) is 0 Å². The molecule has 1 saturated heterocycles. The molecular weight excluding hydrogens is 115 g/mol. The van der Waals surface area contributed by atoms with Crippen molar-refractivity contribution in [3.05, 3.63) is 0 Å². The topological polar surface area (TPSA) is 18.5 Å². The van der Waals surface area contributed by atoms with Crippen LogP contribution in [0.2, 0.25) is 0 Å². The minimum Gasteiger partial charge on any atom is -0.414 e. The third-order valence-corrected chi connectivity index (χ3v) is 1.49. The molecule has 0 atom stereocenters. The molecule has 9 heavy (non-hydrogen) atoms. The highest BCUT2D eigenvalue weighted by Gasteiger charge is 1.97. The standard InChI is InChI=1S/C6H13BO2/c1-2-4-6-9-7-8-5-3-1/h7H,1-6H2. The van der Waals surface area contributed by atoms with E-state index >= 15 is 0 Å². The highest BCUT2D eigenvalue weighted by molar-refractivity contribution is 6.17. The second-order valence-corrected chi connectivity index (χ2v) is 2.35. The first-order chi connectivity index (χ1) is 4.50. The van der Waals surface area contributed by atoms with Crippen molar-refractivity contribution in [2.45, 2.75) is 25.7 Å². The molecule has 1 rings (SSSR count). The zero-order valence-corrected chi connectivity index (χ0v) is 5.77. The Balaban J connectivity index is 2.02. The van der Waals surface area contributed by atoms with Crippen molar-refractivity contribution in [1.82, 2.24) is 0 Å². The number of hydrogen-bond donors (Lipinski definition) is 0. The lowest BCUT2D eigenvalue weighted by molar-refractivity contribution is 0.228. The molecule has 0 saturated carbocycles. The van der Waals surface area contributed by atoms with Gasteiger partial charge in [0.05, 0.1) is 0 Å². The monoisotopic (exact) mass is 128 g/mol. The fourth-order valence-corrected chi connectivity index (χ4v) is 0.939. The largest absolute Gasteiger partial charge is 0.438 e. The molecule has 0 aliphatic carbocycles. The molecule has 0 radical (unpaired) electrons. The van der Waals surface area contributed by atoms with Crippen LogP contribution in [-0.4, -0.2) is 20.9 Å². The van der Waals surface area contributed by atoms with E-state index in [4.69, 9.17) is 9.31 Å². The summed E-state index contributed by atoms with van der Waals surface area (Å²) in [5.74, 6) is 0. The normalized spacial score (nSPS) is 23.1. The summed E-state index contributed by atoms with van der Waals surface area (Å²) >= 11 is 0. The average molecular weight is 128 g/mol. The van der Waals surface area contributed by atoms with Crippen LogP contribution in [0, 0.1) is 0 Å². The summed E-state index contributed by atoms with van der Waals surface area (Å²) in [6, 6.07) is 0. The molecule has 2 nitrogen and oxygen atoms in total. The Kier molecular flexibility index (Phi) is 3.80. The smallest absolute Gasteiger partial charge is 0.414 e. The molecule has 0 unspecified atom stereocenters. The Morgan fingerprint density at radius 3 is 1.89 bits per heavy atom. The van der Waals surface area contributed by atoms with Crippen molar-refractivity contribution in [3.63, 3.8) is 0 Å². The Hall–Kier alpha value is -0.0151. The first-order valence-corrected chi connectivity index (χ1v) is 3.65. The molecule has 0 aromatic carbocycles. The molecule has 52 valence electrons. The third-order valence-electron chi connectivity index (χ3n) is 1.49. The van der Waals surface area contributed by atoms with Crippen molar-refractivity contribution in [2.24, 2.45) is 0 Å². The van der Waals surface area contributed by atoms with Crippen LogP contribution in [0.15, 0.2) is 0 Å². The Morgan fingerprint density at radius 1 is 0.778 bits per heavy atom. The van der Waals surface area contributed by atoms with Gasteiger partial charge in [-0.15, -0.1) is 0 Å². The van der Waals surface area contributed by atoms with Crippen molar-refractivity contribution in [1.29, 1.82) is 0 Å². The second kappa shape index (κ2) is 4.83. The van der Waals surface area contributed by atoms with Crippen LogP contribution < -0.4 is 0 Å². The van der Waals surface area contributed by atoms with Gasteiger partial charge in [0.2, 0.25) is 0 Å². The van der Waals surface area contributed by atoms with E-state index in [9.17, 15) is 0 Å². The van der Waals surface area contributed by atoms with Crippen LogP contribution in [0.1, 0.15) is 25.7 Å². The number of hydrogen-bond acceptors (Lipinski definition) is 2. The fourth-order valence-electron chi connectivity index (χ4n) is 0.939. The van der Waals surface area contributed by atoms with Crippen molar-refractivity contribution >= 4 is 7.69 Å². The molecule has 0 aromatic rings. The van der Waals surface area contributed by atoms with Crippen molar-refractivity contribution in [2.75, 3.05) is 13.2 Å². The summed E-state index contributed by atoms with van der Waals surface area (Å²) in [7, 11) is 0.500. The van der Waals surface area contributed by atoms with Crippen LogP contribution in [0.4, 0.5) is 0 Å². The highest BCUT2D eigenvalue weighted by Crippen LogP contribution is 2.02. The zero-order chi connectivity index (χ0) is 6.36. The van der Waals surface area contributed by atoms with E-state index in [1.807, 2.05) is 0 Å². The Bertz CT molecular complexity index is 39.5. The molecule has 0 spiro atoms. The van der Waals surface area contributed by atoms with Gasteiger partial charge in [0.1, 0.15) is 0 Å². The minimum atomic E-state index is 0.500. The molecule has 0 N–H and O–H groups in total. The molecule has 1 heterocycles. The predicted octanol–water partition coefficient (Wildman–Crippen LogP) is 0.860. The first-order valence-electron chi connectivity index (χ1n) is 3.65. The fraction of sp³-hybridized carbons (Fsp3) is 1.00. The lowest BCUT2D eigenvalue weighted by Crippen LogP contribution is -2.04. The Morgan fingerprint density at radius 2 is 1.33 bits per heavy atom. The number of rotatable bonds is 0. The summed E-state index contributed by atoms with van der Waals surface area (Å²) in [6.07, 6.45) is 4.99. The van der Waals surface area contributed by atoms with Gasteiger partial charge < -0.3 is 9.31 Å². The minimum absolute atomic E-state index is 0.500. The predicted molar refractivity (Wildman–Crippen MR) is 37.5 cm³/mol. The Labute approximate surface area is 56.8 Å². The summed E-state index contributed by atoms with van der Waals surface area (Å²) in [5, 5.41) is 0. The van der Waals surface area contributed by atoms with Gasteiger partial charge in [-0.3, -0.25) is 0 Å². The van der Waals surface area contributed by atoms with Gasteiger partial charge in [-0.2, -0.15) is 0 Å².